The lowest BCUT2D eigenvalue weighted by Gasteiger charge is -2.10. The molecule has 0 aromatic carbocycles. The third-order valence-corrected chi connectivity index (χ3v) is 1.03. The number of ether oxygens (including phenoxy) is 1. The molecule has 0 aromatic heterocycles. The SMILES string of the molecule is [CH2]C(O)C(C=O)COC. The highest BCUT2D eigenvalue weighted by atomic mass is 16.5. The molecular weight excluding hydrogens is 120 g/mol. The molecule has 0 aromatic rings. The van der Waals surface area contributed by atoms with E-state index < -0.39 is 12.0 Å². The molecule has 0 bridgehead atoms. The van der Waals surface area contributed by atoms with E-state index in [2.05, 4.69) is 11.7 Å². The molecule has 3 heteroatoms. The average Bonchev–Trinajstić information content (AvgIpc) is 1.82. The zero-order valence-electron chi connectivity index (χ0n) is 5.41. The number of methoxy groups -OCH3 is 1. The summed E-state index contributed by atoms with van der Waals surface area (Å²) >= 11 is 0. The summed E-state index contributed by atoms with van der Waals surface area (Å²) in [5.74, 6) is -0.491. The van der Waals surface area contributed by atoms with Crippen molar-refractivity contribution in [1.29, 1.82) is 0 Å². The van der Waals surface area contributed by atoms with Crippen LogP contribution in [0.4, 0.5) is 0 Å². The Morgan fingerprint density at radius 2 is 2.44 bits per heavy atom. The first-order valence-corrected chi connectivity index (χ1v) is 2.67. The molecule has 0 aliphatic carbocycles. The number of carbonyl (C=O) groups excluding carboxylic acids is 1. The number of carbonyl (C=O) groups is 1. The van der Waals surface area contributed by atoms with Gasteiger partial charge in [0.05, 0.1) is 18.6 Å². The number of hydrogen-bond donors (Lipinski definition) is 1. The Morgan fingerprint density at radius 1 is 1.89 bits per heavy atom. The molecule has 53 valence electrons. The number of aliphatic hydroxyl groups is 1. The Morgan fingerprint density at radius 3 is 2.56 bits per heavy atom. The van der Waals surface area contributed by atoms with Gasteiger partial charge in [-0.25, -0.2) is 0 Å². The smallest absolute Gasteiger partial charge is 0.127 e. The summed E-state index contributed by atoms with van der Waals surface area (Å²) in [7, 11) is 1.47. The maximum atomic E-state index is 10.1. The Balaban J connectivity index is 3.54. The summed E-state index contributed by atoms with van der Waals surface area (Å²) in [4.78, 5) is 10.1. The fraction of sp³-hybridized carbons (Fsp3) is 0.667. The predicted octanol–water partition coefficient (Wildman–Crippen LogP) is -0.357. The second-order valence-corrected chi connectivity index (χ2v) is 1.82. The lowest BCUT2D eigenvalue weighted by atomic mass is 10.1. The Hall–Kier alpha value is -0.410. The fourth-order valence-corrected chi connectivity index (χ4v) is 0.434. The molecule has 0 amide bonds. The van der Waals surface area contributed by atoms with Crippen molar-refractivity contribution in [2.75, 3.05) is 13.7 Å². The number of rotatable bonds is 4. The minimum atomic E-state index is -0.859. The molecule has 2 unspecified atom stereocenters. The van der Waals surface area contributed by atoms with Gasteiger partial charge in [-0.05, 0) is 6.92 Å². The van der Waals surface area contributed by atoms with E-state index in [0.717, 1.165) is 0 Å². The van der Waals surface area contributed by atoms with Gasteiger partial charge in [0, 0.05) is 7.11 Å². The first-order valence-electron chi connectivity index (χ1n) is 2.67. The van der Waals surface area contributed by atoms with Crippen molar-refractivity contribution >= 4 is 6.29 Å². The zero-order valence-corrected chi connectivity index (χ0v) is 5.41. The van der Waals surface area contributed by atoms with Crippen LogP contribution in [-0.2, 0) is 9.53 Å². The van der Waals surface area contributed by atoms with E-state index in [0.29, 0.717) is 6.29 Å². The van der Waals surface area contributed by atoms with Crippen molar-refractivity contribution in [3.63, 3.8) is 0 Å². The van der Waals surface area contributed by atoms with Gasteiger partial charge in [0.15, 0.2) is 0 Å². The highest BCUT2D eigenvalue weighted by molar-refractivity contribution is 5.54. The van der Waals surface area contributed by atoms with Crippen LogP contribution in [0.15, 0.2) is 0 Å². The molecule has 0 saturated carbocycles. The van der Waals surface area contributed by atoms with Gasteiger partial charge in [-0.15, -0.1) is 0 Å². The van der Waals surface area contributed by atoms with Crippen LogP contribution >= 0.6 is 0 Å². The molecule has 0 aliphatic heterocycles. The van der Waals surface area contributed by atoms with Gasteiger partial charge >= 0.3 is 0 Å². The molecule has 0 rings (SSSR count). The van der Waals surface area contributed by atoms with Crippen molar-refractivity contribution in [1.82, 2.24) is 0 Å². The van der Waals surface area contributed by atoms with Gasteiger partial charge in [-0.2, -0.15) is 0 Å². The van der Waals surface area contributed by atoms with Gasteiger partial charge in [0.2, 0.25) is 0 Å². The van der Waals surface area contributed by atoms with E-state index in [1.807, 2.05) is 0 Å². The molecule has 0 saturated heterocycles. The lowest BCUT2D eigenvalue weighted by Crippen LogP contribution is -2.22. The Labute approximate surface area is 54.6 Å². The van der Waals surface area contributed by atoms with E-state index in [9.17, 15) is 4.79 Å². The monoisotopic (exact) mass is 131 g/mol. The van der Waals surface area contributed by atoms with Crippen molar-refractivity contribution in [3.8, 4) is 0 Å². The molecule has 3 nitrogen and oxygen atoms in total. The first-order chi connectivity index (χ1) is 4.22. The van der Waals surface area contributed by atoms with E-state index in [1.165, 1.54) is 7.11 Å². The highest BCUT2D eigenvalue weighted by Crippen LogP contribution is 1.98. The third-order valence-electron chi connectivity index (χ3n) is 1.03. The Kier molecular flexibility index (Phi) is 4.26. The second kappa shape index (κ2) is 4.47. The number of aliphatic hydroxyl groups excluding tert-OH is 1. The van der Waals surface area contributed by atoms with Gasteiger partial charge in [-0.1, -0.05) is 0 Å². The van der Waals surface area contributed by atoms with Gasteiger partial charge in [0.25, 0.3) is 0 Å². The van der Waals surface area contributed by atoms with Crippen LogP contribution < -0.4 is 0 Å². The van der Waals surface area contributed by atoms with E-state index in [4.69, 9.17) is 5.11 Å². The molecule has 9 heavy (non-hydrogen) atoms. The van der Waals surface area contributed by atoms with Gasteiger partial charge < -0.3 is 14.6 Å². The maximum absolute atomic E-state index is 10.1. The zero-order chi connectivity index (χ0) is 7.28. The summed E-state index contributed by atoms with van der Waals surface area (Å²) in [5, 5.41) is 8.72. The first kappa shape index (κ1) is 8.59. The molecule has 0 aliphatic rings. The average molecular weight is 131 g/mol. The van der Waals surface area contributed by atoms with Crippen LogP contribution in [0.5, 0.6) is 0 Å². The van der Waals surface area contributed by atoms with Gasteiger partial charge in [0.1, 0.15) is 6.29 Å². The largest absolute Gasteiger partial charge is 0.392 e. The second-order valence-electron chi connectivity index (χ2n) is 1.82. The van der Waals surface area contributed by atoms with Gasteiger partial charge in [-0.3, -0.25) is 0 Å². The molecule has 1 N–H and O–H groups in total. The summed E-state index contributed by atoms with van der Waals surface area (Å²) in [6.07, 6.45) is -0.219. The number of hydrogen-bond acceptors (Lipinski definition) is 3. The summed E-state index contributed by atoms with van der Waals surface area (Å²) in [6.45, 7) is 3.50. The molecule has 2 atom stereocenters. The van der Waals surface area contributed by atoms with Crippen molar-refractivity contribution in [2.24, 2.45) is 5.92 Å². The normalized spacial score (nSPS) is 16.8. The highest BCUT2D eigenvalue weighted by Gasteiger charge is 2.12. The third kappa shape index (κ3) is 3.21. The van der Waals surface area contributed by atoms with E-state index in [-0.39, 0.29) is 6.61 Å². The van der Waals surface area contributed by atoms with Crippen molar-refractivity contribution in [3.05, 3.63) is 6.92 Å². The quantitative estimate of drug-likeness (QED) is 0.530. The molecular formula is C6H11O3. The van der Waals surface area contributed by atoms with Crippen LogP contribution in [0.1, 0.15) is 0 Å². The summed E-state index contributed by atoms with van der Waals surface area (Å²) < 4.78 is 4.62. The van der Waals surface area contributed by atoms with Crippen LogP contribution in [-0.4, -0.2) is 31.2 Å². The molecule has 0 spiro atoms. The van der Waals surface area contributed by atoms with Crippen LogP contribution in [0.2, 0.25) is 0 Å². The molecule has 1 radical (unpaired) electrons. The predicted molar refractivity (Wildman–Crippen MR) is 32.8 cm³/mol. The van der Waals surface area contributed by atoms with Crippen LogP contribution in [0.3, 0.4) is 0 Å². The van der Waals surface area contributed by atoms with Crippen LogP contribution in [0.25, 0.3) is 0 Å². The Bertz CT molecular complexity index is 80.4. The standard InChI is InChI=1S/C6H11O3/c1-5(8)6(3-7)4-9-2/h3,5-6,8H,1,4H2,2H3. The lowest BCUT2D eigenvalue weighted by molar-refractivity contribution is -0.115. The molecule has 0 fully saturated rings. The van der Waals surface area contributed by atoms with Crippen molar-refractivity contribution in [2.45, 2.75) is 6.10 Å². The summed E-state index contributed by atoms with van der Waals surface area (Å²) in [6, 6.07) is 0. The minimum absolute atomic E-state index is 0.230. The summed E-state index contributed by atoms with van der Waals surface area (Å²) in [5.41, 5.74) is 0. The fourth-order valence-electron chi connectivity index (χ4n) is 0.434. The maximum Gasteiger partial charge on any atom is 0.127 e. The molecule has 0 heterocycles. The topological polar surface area (TPSA) is 46.5 Å². The van der Waals surface area contributed by atoms with Crippen LogP contribution in [0, 0.1) is 12.8 Å². The van der Waals surface area contributed by atoms with E-state index in [1.54, 1.807) is 0 Å². The van der Waals surface area contributed by atoms with Crippen molar-refractivity contribution < 1.29 is 14.6 Å². The van der Waals surface area contributed by atoms with E-state index >= 15 is 0 Å². The minimum Gasteiger partial charge on any atom is -0.392 e. The number of aldehydes is 1.